The molecule has 0 aromatic heterocycles. The molecule has 12 nitrogen and oxygen atoms in total. The summed E-state index contributed by atoms with van der Waals surface area (Å²) in [6.45, 7) is 8.87. The third-order valence-electron chi connectivity index (χ3n) is 2.37. The molecule has 0 atom stereocenters. The standard InChI is InChI=1S/C10H24N4.2ClHO4.Ni/c1-3-11-7-9-13-5-2-6-14-10-8-12-4-1;2*2-1(3,4)5;/h11-14H,1-10H2;2*(H,2,3,4,5);. The number of hydrogen-bond donors (Lipinski definition) is 6. The van der Waals surface area contributed by atoms with Gasteiger partial charge in [0.1, 0.15) is 0 Å². The van der Waals surface area contributed by atoms with Crippen molar-refractivity contribution in [3.63, 3.8) is 0 Å². The Morgan fingerprint density at radius 2 is 0.640 bits per heavy atom. The summed E-state index contributed by atoms with van der Waals surface area (Å²) in [5.74, 6) is 0. The molecule has 0 aromatic rings. The predicted octanol–water partition coefficient (Wildman–Crippen LogP) is -9.11. The van der Waals surface area contributed by atoms with Gasteiger partial charge in [-0.1, -0.05) is 0 Å². The van der Waals surface area contributed by atoms with E-state index in [9.17, 15) is 0 Å². The molecule has 0 aromatic carbocycles. The first-order valence-electron chi connectivity index (χ1n) is 7.09. The van der Waals surface area contributed by atoms with Crippen molar-refractivity contribution >= 4 is 0 Å². The Kier molecular flexibility index (Phi) is 23.5. The maximum Gasteiger partial charge on any atom is 0.0777 e. The van der Waals surface area contributed by atoms with Gasteiger partial charge in [0.05, 0.1) is 29.8 Å². The third-order valence-corrected chi connectivity index (χ3v) is 2.37. The number of rotatable bonds is 0. The molecule has 1 aliphatic rings. The fraction of sp³-hybridized carbons (Fsp3) is 1.00. The molecule has 0 amide bonds. The summed E-state index contributed by atoms with van der Waals surface area (Å²) >= 11 is 0. The molecule has 0 aliphatic carbocycles. The van der Waals surface area contributed by atoms with Crippen LogP contribution in [0, 0.1) is 20.5 Å². The van der Waals surface area contributed by atoms with Gasteiger partial charge in [0, 0.05) is 42.7 Å². The summed E-state index contributed by atoms with van der Waals surface area (Å²) in [5.41, 5.74) is 0. The van der Waals surface area contributed by atoms with Gasteiger partial charge in [-0.15, -0.1) is 0 Å². The minimum atomic E-state index is -4.69. The summed E-state index contributed by atoms with van der Waals surface area (Å²) in [6.07, 6.45) is 2.44. The molecule has 1 aliphatic heterocycles. The van der Waals surface area contributed by atoms with E-state index >= 15 is 0 Å². The first-order chi connectivity index (χ1) is 11.0. The Hall–Kier alpha value is 0.594. The molecule has 1 saturated heterocycles. The molecule has 0 bridgehead atoms. The summed E-state index contributed by atoms with van der Waals surface area (Å²) in [4.78, 5) is 0. The fourth-order valence-corrected chi connectivity index (χ4v) is 1.53. The molecule has 158 valence electrons. The van der Waals surface area contributed by atoms with Gasteiger partial charge >= 0.3 is 0 Å². The monoisotopic (exact) mass is 458 g/mol. The second-order valence-corrected chi connectivity index (χ2v) is 6.08. The molecule has 15 heteroatoms. The summed E-state index contributed by atoms with van der Waals surface area (Å²) < 4.78 is 65.4. The van der Waals surface area contributed by atoms with Gasteiger partial charge in [-0.05, 0) is 39.0 Å². The van der Waals surface area contributed by atoms with Crippen LogP contribution in [0.3, 0.4) is 0 Å². The van der Waals surface area contributed by atoms with E-state index in [1.54, 1.807) is 0 Å². The second-order valence-electron chi connectivity index (χ2n) is 4.50. The molecule has 0 saturated carbocycles. The van der Waals surface area contributed by atoms with E-state index in [4.69, 9.17) is 37.3 Å². The maximum atomic E-state index is 8.60. The van der Waals surface area contributed by atoms with Crippen molar-refractivity contribution in [3.05, 3.63) is 0 Å². The Morgan fingerprint density at radius 3 is 0.800 bits per heavy atom. The van der Waals surface area contributed by atoms with Crippen LogP contribution in [0.4, 0.5) is 0 Å². The summed E-state index contributed by atoms with van der Waals surface area (Å²) in [7, 11) is -9.39. The smallest absolute Gasteiger partial charge is 0.0777 e. The summed E-state index contributed by atoms with van der Waals surface area (Å²) in [5, 5.41) is 13.7. The maximum absolute atomic E-state index is 8.60. The molecule has 1 heterocycles. The van der Waals surface area contributed by atoms with E-state index < -0.39 is 20.5 Å². The molecule has 25 heavy (non-hydrogen) atoms. The van der Waals surface area contributed by atoms with Crippen LogP contribution in [0.15, 0.2) is 0 Å². The molecule has 0 spiro atoms. The van der Waals surface area contributed by atoms with Crippen LogP contribution in [-0.4, -0.2) is 61.7 Å². The minimum Gasteiger partial charge on any atom is -0.315 e. The van der Waals surface area contributed by atoms with Crippen molar-refractivity contribution in [2.45, 2.75) is 12.8 Å². The van der Waals surface area contributed by atoms with E-state index in [0.717, 1.165) is 52.4 Å². The van der Waals surface area contributed by atoms with Crippen LogP contribution in [0.5, 0.6) is 0 Å². The second kappa shape index (κ2) is 19.4. The van der Waals surface area contributed by atoms with Crippen LogP contribution < -0.4 is 49.2 Å². The van der Waals surface area contributed by atoms with Gasteiger partial charge in [-0.2, -0.15) is 28.0 Å². The summed E-state index contributed by atoms with van der Waals surface area (Å²) in [6, 6.07) is 0. The molecule has 1 rings (SSSR count). The third kappa shape index (κ3) is 58.9. The van der Waals surface area contributed by atoms with Gasteiger partial charge in [-0.25, -0.2) is 0 Å². The van der Waals surface area contributed by atoms with Crippen molar-refractivity contribution in [3.8, 4) is 0 Å². The first kappa shape index (κ1) is 30.3. The molecule has 0 radical (unpaired) electrons. The number of hydrogen-bond acceptors (Lipinski definition) is 12. The van der Waals surface area contributed by atoms with Crippen LogP contribution in [0.25, 0.3) is 0 Å². The van der Waals surface area contributed by atoms with Gasteiger partial charge in [0.25, 0.3) is 0 Å². The molecule has 6 N–H and O–H groups in total. The molecular formula is C10H26Cl2N4NiO8. The van der Waals surface area contributed by atoms with Crippen LogP contribution in [0.1, 0.15) is 12.8 Å². The molecule has 0 unspecified atom stereocenters. The van der Waals surface area contributed by atoms with E-state index in [1.807, 2.05) is 0 Å². The zero-order chi connectivity index (χ0) is 18.9. The minimum absolute atomic E-state index is 0. The van der Waals surface area contributed by atoms with Crippen molar-refractivity contribution < 1.29 is 74.2 Å². The zero-order valence-corrected chi connectivity index (χ0v) is 16.0. The van der Waals surface area contributed by atoms with Crippen LogP contribution >= 0.6 is 0 Å². The van der Waals surface area contributed by atoms with Gasteiger partial charge in [-0.3, -0.25) is 0 Å². The molecular weight excluding hydrogens is 434 g/mol. The van der Waals surface area contributed by atoms with Crippen molar-refractivity contribution in [2.75, 3.05) is 52.4 Å². The van der Waals surface area contributed by atoms with E-state index in [1.165, 1.54) is 12.8 Å². The van der Waals surface area contributed by atoms with Crippen molar-refractivity contribution in [1.29, 1.82) is 0 Å². The van der Waals surface area contributed by atoms with Gasteiger partial charge in [0.2, 0.25) is 0 Å². The Labute approximate surface area is 161 Å². The van der Waals surface area contributed by atoms with Crippen LogP contribution in [0.2, 0.25) is 0 Å². The Balaban J connectivity index is -0.000000368. The molecule has 1 fully saturated rings. The predicted molar refractivity (Wildman–Crippen MR) is 65.2 cm³/mol. The first-order valence-corrected chi connectivity index (χ1v) is 9.62. The van der Waals surface area contributed by atoms with Crippen molar-refractivity contribution in [2.24, 2.45) is 0 Å². The van der Waals surface area contributed by atoms with E-state index in [2.05, 4.69) is 21.3 Å². The average molecular weight is 460 g/mol. The normalized spacial score (nSPS) is 18.2. The fourth-order valence-electron chi connectivity index (χ4n) is 1.53. The average Bonchev–Trinajstić information content (AvgIpc) is 2.38. The quantitative estimate of drug-likeness (QED) is 0.185. The van der Waals surface area contributed by atoms with Crippen LogP contribution in [-0.2, 0) is 16.5 Å². The Bertz CT molecular complexity index is 197. The van der Waals surface area contributed by atoms with Crippen molar-refractivity contribution in [1.82, 2.24) is 21.3 Å². The zero-order valence-electron chi connectivity index (χ0n) is 13.5. The SMILES string of the molecule is C1CNCCNCCCNCCNC1.[Ni].[O-][Cl+3]([O-])([O-])O.[O-][Cl+3]([O-])([O-])O. The van der Waals surface area contributed by atoms with E-state index in [-0.39, 0.29) is 16.5 Å². The van der Waals surface area contributed by atoms with Gasteiger partial charge in [0.15, 0.2) is 0 Å². The van der Waals surface area contributed by atoms with E-state index in [0.29, 0.717) is 0 Å². The number of halogens is 2. The number of nitrogens with one attached hydrogen (secondary N) is 4. The van der Waals surface area contributed by atoms with Gasteiger partial charge < -0.3 is 21.3 Å². The Morgan fingerprint density at radius 1 is 0.480 bits per heavy atom. The topological polar surface area (TPSA) is 227 Å². The largest absolute Gasteiger partial charge is 0.315 e.